The highest BCUT2D eigenvalue weighted by Gasteiger charge is 2.13. The van der Waals surface area contributed by atoms with E-state index in [2.05, 4.69) is 29.0 Å². The van der Waals surface area contributed by atoms with Gasteiger partial charge in [-0.2, -0.15) is 0 Å². The maximum absolute atomic E-state index is 4.34. The Morgan fingerprint density at radius 3 is 2.81 bits per heavy atom. The number of aromatic nitrogens is 1. The summed E-state index contributed by atoms with van der Waals surface area (Å²) >= 11 is 1.74. The second-order valence-corrected chi connectivity index (χ2v) is 5.92. The van der Waals surface area contributed by atoms with E-state index in [1.54, 1.807) is 11.3 Å². The van der Waals surface area contributed by atoms with Crippen molar-refractivity contribution >= 4 is 16.5 Å². The molecule has 1 fully saturated rings. The Morgan fingerprint density at radius 1 is 1.44 bits per heavy atom. The fourth-order valence-electron chi connectivity index (χ4n) is 2.21. The minimum absolute atomic E-state index is 0.489. The van der Waals surface area contributed by atoms with Crippen LogP contribution in [-0.4, -0.2) is 35.6 Å². The van der Waals surface area contributed by atoms with E-state index in [0.717, 1.165) is 11.7 Å². The number of nitrogens with one attached hydrogen (secondary N) is 1. The molecule has 0 spiro atoms. The molecule has 16 heavy (non-hydrogen) atoms. The molecule has 2 rings (SSSR count). The first-order valence-electron chi connectivity index (χ1n) is 6.15. The van der Waals surface area contributed by atoms with Crippen molar-refractivity contribution in [3.63, 3.8) is 0 Å². The van der Waals surface area contributed by atoms with Gasteiger partial charge in [0.15, 0.2) is 5.13 Å². The van der Waals surface area contributed by atoms with E-state index in [4.69, 9.17) is 0 Å². The lowest BCUT2D eigenvalue weighted by molar-refractivity contribution is 0.223. The minimum Gasteiger partial charge on any atom is -0.358 e. The van der Waals surface area contributed by atoms with E-state index >= 15 is 0 Å². The summed E-state index contributed by atoms with van der Waals surface area (Å²) < 4.78 is 0. The Morgan fingerprint density at radius 2 is 2.19 bits per heavy atom. The van der Waals surface area contributed by atoms with Crippen LogP contribution in [0, 0.1) is 6.92 Å². The van der Waals surface area contributed by atoms with Crippen molar-refractivity contribution in [2.24, 2.45) is 0 Å². The van der Waals surface area contributed by atoms with Gasteiger partial charge in [-0.15, -0.1) is 11.3 Å². The summed E-state index contributed by atoms with van der Waals surface area (Å²) in [6, 6.07) is 0.489. The lowest BCUT2D eigenvalue weighted by Crippen LogP contribution is -2.38. The number of anilines is 1. The third-order valence-electron chi connectivity index (χ3n) is 2.97. The van der Waals surface area contributed by atoms with Crippen molar-refractivity contribution in [3.8, 4) is 0 Å². The highest BCUT2D eigenvalue weighted by Crippen LogP contribution is 2.18. The van der Waals surface area contributed by atoms with E-state index < -0.39 is 0 Å². The van der Waals surface area contributed by atoms with Gasteiger partial charge in [0.25, 0.3) is 0 Å². The molecule has 1 aromatic heterocycles. The number of hydrogen-bond donors (Lipinski definition) is 1. The number of thiazole rings is 1. The van der Waals surface area contributed by atoms with Crippen LogP contribution in [0.25, 0.3) is 0 Å². The second kappa shape index (κ2) is 5.64. The molecule has 3 nitrogen and oxygen atoms in total. The fraction of sp³-hybridized carbons (Fsp3) is 0.750. The summed E-state index contributed by atoms with van der Waals surface area (Å²) in [6.45, 7) is 8.01. The number of aryl methyl sites for hydroxylation is 1. The number of nitrogens with zero attached hydrogens (tertiary/aromatic N) is 2. The number of rotatable bonds is 4. The molecule has 0 saturated carbocycles. The summed E-state index contributed by atoms with van der Waals surface area (Å²) in [6.07, 6.45) is 6.07. The number of hydrogen-bond acceptors (Lipinski definition) is 4. The van der Waals surface area contributed by atoms with Gasteiger partial charge in [-0.3, -0.25) is 0 Å². The van der Waals surface area contributed by atoms with Gasteiger partial charge in [-0.1, -0.05) is 6.42 Å². The lowest BCUT2D eigenvalue weighted by atomic mass is 10.1. The average molecular weight is 239 g/mol. The van der Waals surface area contributed by atoms with Gasteiger partial charge in [0.05, 0.1) is 0 Å². The van der Waals surface area contributed by atoms with E-state index in [1.807, 2.05) is 6.20 Å². The molecule has 0 bridgehead atoms. The summed E-state index contributed by atoms with van der Waals surface area (Å²) in [7, 11) is 0. The first-order valence-corrected chi connectivity index (χ1v) is 6.97. The Kier molecular flexibility index (Phi) is 4.18. The summed E-state index contributed by atoms with van der Waals surface area (Å²) in [5.41, 5.74) is 0. The molecule has 4 heteroatoms. The van der Waals surface area contributed by atoms with Gasteiger partial charge >= 0.3 is 0 Å². The Hall–Kier alpha value is -0.610. The molecule has 2 heterocycles. The molecule has 1 saturated heterocycles. The molecule has 90 valence electrons. The topological polar surface area (TPSA) is 28.2 Å². The van der Waals surface area contributed by atoms with Gasteiger partial charge < -0.3 is 10.2 Å². The molecule has 0 aromatic carbocycles. The monoisotopic (exact) mass is 239 g/mol. The Bertz CT molecular complexity index is 318. The van der Waals surface area contributed by atoms with Gasteiger partial charge in [-0.05, 0) is 39.8 Å². The van der Waals surface area contributed by atoms with Crippen molar-refractivity contribution in [2.45, 2.75) is 39.2 Å². The zero-order valence-electron chi connectivity index (χ0n) is 10.2. The van der Waals surface area contributed by atoms with Gasteiger partial charge in [0.1, 0.15) is 0 Å². The molecular formula is C12H21N3S. The number of likely N-dealkylation sites (tertiary alicyclic amines) is 1. The molecule has 1 aliphatic heterocycles. The highest BCUT2D eigenvalue weighted by atomic mass is 32.1. The van der Waals surface area contributed by atoms with Crippen LogP contribution in [-0.2, 0) is 0 Å². The smallest absolute Gasteiger partial charge is 0.183 e. The molecule has 1 unspecified atom stereocenters. The molecule has 0 aliphatic carbocycles. The normalized spacial score (nSPS) is 19.6. The van der Waals surface area contributed by atoms with Crippen molar-refractivity contribution in [1.82, 2.24) is 9.88 Å². The largest absolute Gasteiger partial charge is 0.358 e. The van der Waals surface area contributed by atoms with Gasteiger partial charge in [0, 0.05) is 23.7 Å². The number of piperidine rings is 1. The van der Waals surface area contributed by atoms with Crippen molar-refractivity contribution < 1.29 is 0 Å². The summed E-state index contributed by atoms with van der Waals surface area (Å²) in [5.74, 6) is 0. The van der Waals surface area contributed by atoms with Crippen LogP contribution in [0.4, 0.5) is 5.13 Å². The highest BCUT2D eigenvalue weighted by molar-refractivity contribution is 7.15. The minimum atomic E-state index is 0.489. The summed E-state index contributed by atoms with van der Waals surface area (Å²) in [4.78, 5) is 8.17. The standard InChI is InChI=1S/C12H21N3S/c1-10(9-15-6-4-3-5-7-15)14-12-13-8-11(2)16-12/h8,10H,3-7,9H2,1-2H3,(H,13,14). The molecule has 0 amide bonds. The van der Waals surface area contributed by atoms with Crippen molar-refractivity contribution in [3.05, 3.63) is 11.1 Å². The maximum Gasteiger partial charge on any atom is 0.183 e. The van der Waals surface area contributed by atoms with Gasteiger partial charge in [0.2, 0.25) is 0 Å². The van der Waals surface area contributed by atoms with Crippen molar-refractivity contribution in [1.29, 1.82) is 0 Å². The van der Waals surface area contributed by atoms with E-state index in [1.165, 1.54) is 37.2 Å². The lowest BCUT2D eigenvalue weighted by Gasteiger charge is -2.29. The third kappa shape index (κ3) is 3.46. The zero-order chi connectivity index (χ0) is 11.4. The molecule has 1 aromatic rings. The van der Waals surface area contributed by atoms with E-state index in [9.17, 15) is 0 Å². The first-order chi connectivity index (χ1) is 7.74. The van der Waals surface area contributed by atoms with E-state index in [-0.39, 0.29) is 0 Å². The molecule has 1 aliphatic rings. The maximum atomic E-state index is 4.34. The molecule has 1 N–H and O–H groups in total. The Balaban J connectivity index is 1.77. The molecule has 0 radical (unpaired) electrons. The molecule has 1 atom stereocenters. The van der Waals surface area contributed by atoms with Crippen LogP contribution in [0.1, 0.15) is 31.1 Å². The Labute approximate surface area is 102 Å². The van der Waals surface area contributed by atoms with Crippen LogP contribution >= 0.6 is 11.3 Å². The van der Waals surface area contributed by atoms with Crippen LogP contribution in [0.3, 0.4) is 0 Å². The van der Waals surface area contributed by atoms with Crippen LogP contribution in [0.15, 0.2) is 6.20 Å². The average Bonchev–Trinajstić information content (AvgIpc) is 2.65. The summed E-state index contributed by atoms with van der Waals surface area (Å²) in [5, 5.41) is 4.53. The molecular weight excluding hydrogens is 218 g/mol. The first kappa shape index (κ1) is 11.9. The van der Waals surface area contributed by atoms with E-state index in [0.29, 0.717) is 6.04 Å². The quantitative estimate of drug-likeness (QED) is 0.875. The fourth-order valence-corrected chi connectivity index (χ4v) is 2.98. The SMILES string of the molecule is Cc1cnc(NC(C)CN2CCCCC2)s1. The third-order valence-corrected chi connectivity index (χ3v) is 3.82. The van der Waals surface area contributed by atoms with Crippen molar-refractivity contribution in [2.75, 3.05) is 25.0 Å². The van der Waals surface area contributed by atoms with Crippen LogP contribution in [0.5, 0.6) is 0 Å². The predicted molar refractivity (Wildman–Crippen MR) is 70.2 cm³/mol. The van der Waals surface area contributed by atoms with Gasteiger partial charge in [-0.25, -0.2) is 4.98 Å². The van der Waals surface area contributed by atoms with Crippen LogP contribution in [0.2, 0.25) is 0 Å². The zero-order valence-corrected chi connectivity index (χ0v) is 11.0. The second-order valence-electron chi connectivity index (χ2n) is 4.68. The van der Waals surface area contributed by atoms with Crippen LogP contribution < -0.4 is 5.32 Å². The predicted octanol–water partition coefficient (Wildman–Crippen LogP) is 2.74.